The van der Waals surface area contributed by atoms with Crippen LogP contribution in [0.4, 0.5) is 5.69 Å². The highest BCUT2D eigenvalue weighted by Gasteiger charge is 1.96. The van der Waals surface area contributed by atoms with E-state index in [-0.39, 0.29) is 0 Å². The molecule has 2 N–H and O–H groups in total. The number of aromatic amines is 1. The van der Waals surface area contributed by atoms with Crippen molar-refractivity contribution in [1.82, 2.24) is 9.97 Å². The molecule has 0 fully saturated rings. The molecule has 3 aromatic rings. The van der Waals surface area contributed by atoms with E-state index < -0.39 is 0 Å². The lowest BCUT2D eigenvalue weighted by Crippen LogP contribution is -1.97. The van der Waals surface area contributed by atoms with E-state index in [1.54, 1.807) is 6.33 Å². The summed E-state index contributed by atoms with van der Waals surface area (Å²) in [6.45, 7) is 0.800. The minimum absolute atomic E-state index is 0.800. The normalized spacial score (nSPS) is 11.2. The van der Waals surface area contributed by atoms with Gasteiger partial charge in [-0.25, -0.2) is 4.98 Å². The zero-order chi connectivity index (χ0) is 12.9. The third kappa shape index (κ3) is 2.83. The average molecular weight is 249 g/mol. The molecule has 0 aliphatic heterocycles. The minimum atomic E-state index is 0.800. The van der Waals surface area contributed by atoms with Crippen LogP contribution in [0.25, 0.3) is 17.1 Å². The molecular formula is C16H15N3. The van der Waals surface area contributed by atoms with Gasteiger partial charge in [0.25, 0.3) is 0 Å². The first-order chi connectivity index (χ1) is 9.42. The number of rotatable bonds is 4. The van der Waals surface area contributed by atoms with Gasteiger partial charge in [-0.3, -0.25) is 0 Å². The number of H-pyrrole nitrogens is 1. The summed E-state index contributed by atoms with van der Waals surface area (Å²) in [6, 6.07) is 16.4. The molecule has 3 heteroatoms. The van der Waals surface area contributed by atoms with E-state index in [4.69, 9.17) is 0 Å². The smallest absolute Gasteiger partial charge is 0.0931 e. The Morgan fingerprint density at radius 3 is 2.89 bits per heavy atom. The topological polar surface area (TPSA) is 40.7 Å². The van der Waals surface area contributed by atoms with E-state index >= 15 is 0 Å². The van der Waals surface area contributed by atoms with E-state index in [1.165, 1.54) is 5.56 Å². The Labute approximate surface area is 112 Å². The molecule has 0 saturated carbocycles. The highest BCUT2D eigenvalue weighted by Crippen LogP contribution is 2.15. The Hall–Kier alpha value is -2.55. The molecule has 0 bridgehead atoms. The third-order valence-corrected chi connectivity index (χ3v) is 2.95. The third-order valence-electron chi connectivity index (χ3n) is 2.95. The maximum absolute atomic E-state index is 4.20. The summed E-state index contributed by atoms with van der Waals surface area (Å²) in [5.74, 6) is 0. The van der Waals surface area contributed by atoms with E-state index in [0.29, 0.717) is 0 Å². The van der Waals surface area contributed by atoms with Crippen LogP contribution in [0.1, 0.15) is 5.56 Å². The van der Waals surface area contributed by atoms with Crippen molar-refractivity contribution in [3.8, 4) is 0 Å². The average Bonchev–Trinajstić information content (AvgIpc) is 2.92. The molecule has 0 spiro atoms. The van der Waals surface area contributed by atoms with Crippen LogP contribution in [-0.2, 0) is 0 Å². The van der Waals surface area contributed by atoms with E-state index in [0.717, 1.165) is 23.3 Å². The van der Waals surface area contributed by atoms with Crippen molar-refractivity contribution >= 4 is 22.8 Å². The number of anilines is 1. The van der Waals surface area contributed by atoms with Crippen LogP contribution in [-0.4, -0.2) is 16.5 Å². The molecule has 0 amide bonds. The van der Waals surface area contributed by atoms with Crippen LogP contribution in [0.15, 0.2) is 60.9 Å². The SMILES string of the molecule is C(=C\c1ccccc1)/CNc1ccc2nc[nH]c2c1. The number of hydrogen-bond donors (Lipinski definition) is 2. The maximum atomic E-state index is 4.20. The molecule has 0 aliphatic rings. The highest BCUT2D eigenvalue weighted by atomic mass is 14.9. The molecule has 19 heavy (non-hydrogen) atoms. The monoisotopic (exact) mass is 249 g/mol. The Kier molecular flexibility index (Phi) is 3.28. The number of hydrogen-bond acceptors (Lipinski definition) is 2. The molecule has 3 nitrogen and oxygen atoms in total. The van der Waals surface area contributed by atoms with Gasteiger partial charge in [-0.2, -0.15) is 0 Å². The molecule has 3 rings (SSSR count). The van der Waals surface area contributed by atoms with Crippen molar-refractivity contribution in [2.75, 3.05) is 11.9 Å². The predicted octanol–water partition coefficient (Wildman–Crippen LogP) is 3.69. The molecule has 0 unspecified atom stereocenters. The predicted molar refractivity (Wildman–Crippen MR) is 80.1 cm³/mol. The summed E-state index contributed by atoms with van der Waals surface area (Å²) in [5, 5.41) is 3.36. The van der Waals surface area contributed by atoms with Gasteiger partial charge in [0.1, 0.15) is 0 Å². The van der Waals surface area contributed by atoms with Gasteiger partial charge in [0.05, 0.1) is 17.4 Å². The number of aromatic nitrogens is 2. The lowest BCUT2D eigenvalue weighted by atomic mass is 10.2. The second kappa shape index (κ2) is 5.40. The van der Waals surface area contributed by atoms with Crippen LogP contribution in [0.2, 0.25) is 0 Å². The number of fused-ring (bicyclic) bond motifs is 1. The lowest BCUT2D eigenvalue weighted by molar-refractivity contribution is 1.34. The Morgan fingerprint density at radius 2 is 2.00 bits per heavy atom. The van der Waals surface area contributed by atoms with E-state index in [1.807, 2.05) is 30.3 Å². The number of benzene rings is 2. The van der Waals surface area contributed by atoms with Crippen LogP contribution in [0.5, 0.6) is 0 Å². The lowest BCUT2D eigenvalue weighted by Gasteiger charge is -2.02. The number of nitrogens with zero attached hydrogens (tertiary/aromatic N) is 1. The van der Waals surface area contributed by atoms with Crippen molar-refractivity contribution < 1.29 is 0 Å². The van der Waals surface area contributed by atoms with Gasteiger partial charge in [0, 0.05) is 12.2 Å². The molecule has 1 aromatic heterocycles. The van der Waals surface area contributed by atoms with Crippen LogP contribution in [0.3, 0.4) is 0 Å². The first-order valence-electron chi connectivity index (χ1n) is 6.30. The molecular weight excluding hydrogens is 234 g/mol. The van der Waals surface area contributed by atoms with Gasteiger partial charge >= 0.3 is 0 Å². The Balaban J connectivity index is 1.61. The fraction of sp³-hybridized carbons (Fsp3) is 0.0625. The zero-order valence-electron chi connectivity index (χ0n) is 10.5. The number of nitrogens with one attached hydrogen (secondary N) is 2. The van der Waals surface area contributed by atoms with Crippen molar-refractivity contribution in [2.45, 2.75) is 0 Å². The second-order valence-electron chi connectivity index (χ2n) is 4.33. The van der Waals surface area contributed by atoms with Crippen LogP contribution < -0.4 is 5.32 Å². The molecule has 1 heterocycles. The van der Waals surface area contributed by atoms with Crippen molar-refractivity contribution in [1.29, 1.82) is 0 Å². The summed E-state index contributed by atoms with van der Waals surface area (Å²) >= 11 is 0. The van der Waals surface area contributed by atoms with Crippen molar-refractivity contribution in [2.24, 2.45) is 0 Å². The van der Waals surface area contributed by atoms with Gasteiger partial charge < -0.3 is 10.3 Å². The van der Waals surface area contributed by atoms with E-state index in [9.17, 15) is 0 Å². The molecule has 0 saturated heterocycles. The number of imidazole rings is 1. The standard InChI is InChI=1S/C16H15N3/c1-2-5-13(6-3-1)7-4-10-17-14-8-9-15-16(11-14)19-12-18-15/h1-9,11-12,17H,10H2,(H,18,19)/b7-4+. The quantitative estimate of drug-likeness (QED) is 0.740. The van der Waals surface area contributed by atoms with Crippen LogP contribution >= 0.6 is 0 Å². The van der Waals surface area contributed by atoms with Crippen molar-refractivity contribution in [3.05, 3.63) is 66.5 Å². The Morgan fingerprint density at radius 1 is 1.11 bits per heavy atom. The fourth-order valence-corrected chi connectivity index (χ4v) is 1.98. The summed E-state index contributed by atoms with van der Waals surface area (Å²) in [4.78, 5) is 7.31. The van der Waals surface area contributed by atoms with Gasteiger partial charge in [-0.15, -0.1) is 0 Å². The summed E-state index contributed by atoms with van der Waals surface area (Å²) in [5.41, 5.74) is 4.35. The molecule has 94 valence electrons. The maximum Gasteiger partial charge on any atom is 0.0931 e. The van der Waals surface area contributed by atoms with Gasteiger partial charge in [0.15, 0.2) is 0 Å². The molecule has 2 aromatic carbocycles. The van der Waals surface area contributed by atoms with Gasteiger partial charge in [-0.05, 0) is 23.8 Å². The van der Waals surface area contributed by atoms with Gasteiger partial charge in [0.2, 0.25) is 0 Å². The molecule has 0 aliphatic carbocycles. The molecule has 0 radical (unpaired) electrons. The second-order valence-corrected chi connectivity index (χ2v) is 4.33. The summed E-state index contributed by atoms with van der Waals surface area (Å²) in [7, 11) is 0. The van der Waals surface area contributed by atoms with E-state index in [2.05, 4.69) is 45.6 Å². The minimum Gasteiger partial charge on any atom is -0.381 e. The summed E-state index contributed by atoms with van der Waals surface area (Å²) < 4.78 is 0. The first kappa shape index (κ1) is 11.5. The summed E-state index contributed by atoms with van der Waals surface area (Å²) in [6.07, 6.45) is 5.94. The first-order valence-corrected chi connectivity index (χ1v) is 6.30. The Bertz CT molecular complexity index is 683. The zero-order valence-corrected chi connectivity index (χ0v) is 10.5. The fourth-order valence-electron chi connectivity index (χ4n) is 1.98. The van der Waals surface area contributed by atoms with Crippen LogP contribution in [0, 0.1) is 0 Å². The van der Waals surface area contributed by atoms with Gasteiger partial charge in [-0.1, -0.05) is 42.5 Å². The largest absolute Gasteiger partial charge is 0.381 e. The van der Waals surface area contributed by atoms with Crippen molar-refractivity contribution in [3.63, 3.8) is 0 Å². The molecule has 0 atom stereocenters. The highest BCUT2D eigenvalue weighted by molar-refractivity contribution is 5.78.